The molecule has 7 nitrogen and oxygen atoms in total. The molecule has 4 N–H and O–H groups in total. The van der Waals surface area contributed by atoms with Gasteiger partial charge in [0.05, 0.1) is 16.9 Å². The van der Waals surface area contributed by atoms with Crippen molar-refractivity contribution in [2.24, 2.45) is 12.8 Å². The third kappa shape index (κ3) is 3.28. The van der Waals surface area contributed by atoms with E-state index in [1.54, 1.807) is 17.1 Å². The van der Waals surface area contributed by atoms with Crippen LogP contribution >= 0.6 is 0 Å². The smallest absolute Gasteiger partial charge is 0.265 e. The van der Waals surface area contributed by atoms with Gasteiger partial charge in [-0.2, -0.15) is 5.10 Å². The van der Waals surface area contributed by atoms with Gasteiger partial charge in [-0.15, -0.1) is 0 Å². The molecule has 0 bridgehead atoms. The number of rotatable bonds is 4. The number of primary amides is 1. The summed E-state index contributed by atoms with van der Waals surface area (Å²) in [5, 5.41) is 7.30. The van der Waals surface area contributed by atoms with Crippen LogP contribution in [0.15, 0.2) is 18.5 Å². The lowest BCUT2D eigenvalue weighted by molar-refractivity contribution is 0.0993. The van der Waals surface area contributed by atoms with Gasteiger partial charge in [0.15, 0.2) is 0 Å². The number of amides is 2. The lowest BCUT2D eigenvalue weighted by atomic mass is 9.85. The molecule has 0 aliphatic heterocycles. The lowest BCUT2D eigenvalue weighted by Crippen LogP contribution is -2.16. The van der Waals surface area contributed by atoms with Crippen molar-refractivity contribution >= 4 is 17.5 Å². The van der Waals surface area contributed by atoms with Gasteiger partial charge in [-0.3, -0.25) is 14.3 Å². The normalized spacial score (nSPS) is 15.5. The number of hydrogen-bond donors (Lipinski definition) is 3. The quantitative estimate of drug-likeness (QED) is 0.804. The highest BCUT2D eigenvalue weighted by Crippen LogP contribution is 2.33. The number of nitrogens with one attached hydrogen (secondary N) is 2. The minimum absolute atomic E-state index is 0.214. The summed E-state index contributed by atoms with van der Waals surface area (Å²) in [6.07, 6.45) is 9.07. The zero-order valence-electron chi connectivity index (χ0n) is 13.1. The number of nitrogens with two attached hydrogens (primary N) is 1. The Morgan fingerprint density at radius 3 is 2.74 bits per heavy atom. The summed E-state index contributed by atoms with van der Waals surface area (Å²) in [4.78, 5) is 26.4. The van der Waals surface area contributed by atoms with Crippen LogP contribution < -0.4 is 11.1 Å². The number of aryl methyl sites for hydroxylation is 1. The number of hydrogen-bond acceptors (Lipinski definition) is 3. The highest BCUT2D eigenvalue weighted by molar-refractivity contribution is 6.05. The second kappa shape index (κ2) is 6.28. The molecule has 23 heavy (non-hydrogen) atoms. The van der Waals surface area contributed by atoms with Gasteiger partial charge in [0.2, 0.25) is 0 Å². The molecular weight excluding hydrogens is 294 g/mol. The first kappa shape index (κ1) is 15.3. The van der Waals surface area contributed by atoms with Crippen molar-refractivity contribution in [2.75, 3.05) is 5.32 Å². The Kier molecular flexibility index (Phi) is 4.18. The van der Waals surface area contributed by atoms with E-state index in [0.29, 0.717) is 17.2 Å². The predicted molar refractivity (Wildman–Crippen MR) is 86.3 cm³/mol. The van der Waals surface area contributed by atoms with Crippen molar-refractivity contribution in [1.29, 1.82) is 0 Å². The molecule has 3 rings (SSSR count). The maximum Gasteiger partial charge on any atom is 0.265 e. The molecule has 1 fully saturated rings. The van der Waals surface area contributed by atoms with E-state index in [4.69, 9.17) is 5.73 Å². The molecule has 0 radical (unpaired) electrons. The summed E-state index contributed by atoms with van der Waals surface area (Å²) in [6, 6.07) is 1.52. The Morgan fingerprint density at radius 2 is 2.09 bits per heavy atom. The standard InChI is InChI=1S/C16H21N5O2/c1-21-9-12(14(20-21)10-5-3-2-4-6-10)16(23)19-11-7-13(15(17)22)18-8-11/h7-10,18H,2-6H2,1H3,(H2,17,22)(H,19,23). The zero-order valence-corrected chi connectivity index (χ0v) is 13.1. The van der Waals surface area contributed by atoms with Crippen LogP contribution in [0.5, 0.6) is 0 Å². The molecule has 2 aromatic heterocycles. The Bertz CT molecular complexity index is 725. The van der Waals surface area contributed by atoms with E-state index in [-0.39, 0.29) is 11.6 Å². The van der Waals surface area contributed by atoms with Crippen molar-refractivity contribution in [1.82, 2.24) is 14.8 Å². The second-order valence-electron chi connectivity index (χ2n) is 6.06. The Morgan fingerprint density at radius 1 is 1.35 bits per heavy atom. The number of carbonyl (C=O) groups is 2. The van der Waals surface area contributed by atoms with Crippen LogP contribution in [-0.2, 0) is 7.05 Å². The first-order valence-corrected chi connectivity index (χ1v) is 7.87. The van der Waals surface area contributed by atoms with Crippen LogP contribution in [0.4, 0.5) is 5.69 Å². The van der Waals surface area contributed by atoms with Gasteiger partial charge in [0, 0.05) is 25.4 Å². The van der Waals surface area contributed by atoms with Gasteiger partial charge in [0.25, 0.3) is 11.8 Å². The lowest BCUT2D eigenvalue weighted by Gasteiger charge is -2.20. The van der Waals surface area contributed by atoms with Crippen LogP contribution in [0.3, 0.4) is 0 Å². The molecule has 1 aliphatic rings. The molecular formula is C16H21N5O2. The fraction of sp³-hybridized carbons (Fsp3) is 0.438. The number of aromatic amines is 1. The molecule has 0 spiro atoms. The van der Waals surface area contributed by atoms with E-state index in [9.17, 15) is 9.59 Å². The Labute approximate surface area is 134 Å². The van der Waals surface area contributed by atoms with E-state index in [1.165, 1.54) is 25.3 Å². The number of carbonyl (C=O) groups excluding carboxylic acids is 2. The molecule has 2 heterocycles. The minimum atomic E-state index is -0.560. The average molecular weight is 315 g/mol. The van der Waals surface area contributed by atoms with Crippen LogP contribution in [0.25, 0.3) is 0 Å². The molecule has 0 atom stereocenters. The molecule has 2 amide bonds. The summed E-state index contributed by atoms with van der Waals surface area (Å²) in [5.74, 6) is -0.429. The maximum atomic E-state index is 12.6. The van der Waals surface area contributed by atoms with Gasteiger partial charge in [-0.1, -0.05) is 19.3 Å². The van der Waals surface area contributed by atoms with Crippen molar-refractivity contribution in [3.05, 3.63) is 35.4 Å². The zero-order chi connectivity index (χ0) is 16.4. The fourth-order valence-corrected chi connectivity index (χ4v) is 3.17. The Balaban J connectivity index is 1.79. The SMILES string of the molecule is Cn1cc(C(=O)Nc2c[nH]c(C(N)=O)c2)c(C2CCCCC2)n1. The van der Waals surface area contributed by atoms with Gasteiger partial charge in [0.1, 0.15) is 5.69 Å². The van der Waals surface area contributed by atoms with E-state index >= 15 is 0 Å². The van der Waals surface area contributed by atoms with Crippen molar-refractivity contribution in [3.8, 4) is 0 Å². The highest BCUT2D eigenvalue weighted by atomic mass is 16.2. The summed E-state index contributed by atoms with van der Waals surface area (Å²) in [6.45, 7) is 0. The van der Waals surface area contributed by atoms with Crippen molar-refractivity contribution in [3.63, 3.8) is 0 Å². The van der Waals surface area contributed by atoms with E-state index < -0.39 is 5.91 Å². The van der Waals surface area contributed by atoms with E-state index in [2.05, 4.69) is 15.4 Å². The summed E-state index contributed by atoms with van der Waals surface area (Å²) in [7, 11) is 1.82. The largest absolute Gasteiger partial charge is 0.364 e. The van der Waals surface area contributed by atoms with Crippen LogP contribution in [0, 0.1) is 0 Å². The summed E-state index contributed by atoms with van der Waals surface area (Å²) >= 11 is 0. The minimum Gasteiger partial charge on any atom is -0.364 e. The molecule has 7 heteroatoms. The third-order valence-electron chi connectivity index (χ3n) is 4.30. The van der Waals surface area contributed by atoms with E-state index in [0.717, 1.165) is 18.5 Å². The van der Waals surface area contributed by atoms with Crippen LogP contribution in [0.2, 0.25) is 0 Å². The molecule has 1 aliphatic carbocycles. The first-order chi connectivity index (χ1) is 11.0. The number of anilines is 1. The van der Waals surface area contributed by atoms with Crippen molar-refractivity contribution < 1.29 is 9.59 Å². The summed E-state index contributed by atoms with van der Waals surface area (Å²) < 4.78 is 1.69. The number of H-pyrrole nitrogens is 1. The third-order valence-corrected chi connectivity index (χ3v) is 4.30. The first-order valence-electron chi connectivity index (χ1n) is 7.87. The topological polar surface area (TPSA) is 106 Å². The molecule has 0 unspecified atom stereocenters. The number of aromatic nitrogens is 3. The Hall–Kier alpha value is -2.57. The van der Waals surface area contributed by atoms with Gasteiger partial charge in [-0.25, -0.2) is 0 Å². The van der Waals surface area contributed by atoms with Gasteiger partial charge >= 0.3 is 0 Å². The summed E-state index contributed by atoms with van der Waals surface area (Å²) in [5.41, 5.74) is 7.45. The maximum absolute atomic E-state index is 12.6. The molecule has 122 valence electrons. The van der Waals surface area contributed by atoms with Crippen LogP contribution in [0.1, 0.15) is 64.6 Å². The molecule has 0 saturated heterocycles. The van der Waals surface area contributed by atoms with Crippen LogP contribution in [-0.4, -0.2) is 26.6 Å². The van der Waals surface area contributed by atoms with Gasteiger partial charge in [-0.05, 0) is 18.9 Å². The predicted octanol–water partition coefficient (Wildman–Crippen LogP) is 2.15. The van der Waals surface area contributed by atoms with E-state index in [1.807, 2.05) is 7.05 Å². The molecule has 2 aromatic rings. The average Bonchev–Trinajstić information content (AvgIpc) is 3.15. The van der Waals surface area contributed by atoms with Gasteiger partial charge < -0.3 is 16.0 Å². The number of nitrogens with zero attached hydrogens (tertiary/aromatic N) is 2. The second-order valence-corrected chi connectivity index (χ2v) is 6.06. The fourth-order valence-electron chi connectivity index (χ4n) is 3.17. The molecule has 1 saturated carbocycles. The highest BCUT2D eigenvalue weighted by Gasteiger charge is 2.25. The monoisotopic (exact) mass is 315 g/mol. The molecule has 0 aromatic carbocycles. The van der Waals surface area contributed by atoms with Crippen molar-refractivity contribution in [2.45, 2.75) is 38.0 Å².